The Hall–Kier alpha value is -2.65. The van der Waals surface area contributed by atoms with Crippen LogP contribution in [0.5, 0.6) is 0 Å². The molecular weight excluding hydrogens is 262 g/mol. The van der Waals surface area contributed by atoms with E-state index in [1.807, 2.05) is 24.3 Å². The quantitative estimate of drug-likeness (QED) is 0.334. The van der Waals surface area contributed by atoms with Gasteiger partial charge in [-0.15, -0.1) is 0 Å². The molecule has 3 rings (SSSR count). The highest BCUT2D eigenvalue weighted by atomic mass is 16.5. The van der Waals surface area contributed by atoms with Crippen LogP contribution < -0.4 is 0 Å². The molecule has 21 heavy (non-hydrogen) atoms. The Balaban J connectivity index is 2.05. The second-order valence-corrected chi connectivity index (χ2v) is 4.96. The number of rotatable bonds is 2. The van der Waals surface area contributed by atoms with E-state index < -0.39 is 5.91 Å². The predicted octanol–water partition coefficient (Wildman–Crippen LogP) is 3.85. The van der Waals surface area contributed by atoms with E-state index >= 15 is 0 Å². The first-order valence-electron chi connectivity index (χ1n) is 6.71. The van der Waals surface area contributed by atoms with Crippen LogP contribution in [0.25, 0.3) is 27.6 Å². The van der Waals surface area contributed by atoms with Gasteiger partial charge in [-0.25, -0.2) is 5.06 Å². The van der Waals surface area contributed by atoms with Crippen molar-refractivity contribution in [2.75, 3.05) is 7.05 Å². The lowest BCUT2D eigenvalue weighted by molar-refractivity contribution is -0.153. The monoisotopic (exact) mass is 277 g/mol. The summed E-state index contributed by atoms with van der Waals surface area (Å²) in [6.07, 6.45) is 3.05. The molecule has 3 aromatic carbocycles. The number of nitrogens with zero attached hydrogens (tertiary/aromatic N) is 1. The average molecular weight is 277 g/mol. The molecule has 0 spiro atoms. The van der Waals surface area contributed by atoms with Gasteiger partial charge in [0.2, 0.25) is 0 Å². The van der Waals surface area contributed by atoms with E-state index in [1.165, 1.54) is 29.3 Å². The third-order valence-electron chi connectivity index (χ3n) is 3.51. The molecule has 0 atom stereocenters. The smallest absolute Gasteiger partial charge is 0.269 e. The van der Waals surface area contributed by atoms with Crippen molar-refractivity contribution in [3.05, 3.63) is 66.2 Å². The number of carbonyl (C=O) groups is 1. The van der Waals surface area contributed by atoms with Gasteiger partial charge in [-0.05, 0) is 39.3 Å². The van der Waals surface area contributed by atoms with Gasteiger partial charge >= 0.3 is 0 Å². The van der Waals surface area contributed by atoms with Crippen LogP contribution in [0, 0.1) is 0 Å². The first kappa shape index (κ1) is 13.3. The fourth-order valence-electron chi connectivity index (χ4n) is 2.41. The van der Waals surface area contributed by atoms with Crippen LogP contribution in [0.15, 0.2) is 60.7 Å². The molecule has 1 amide bonds. The first-order chi connectivity index (χ1) is 10.1. The summed E-state index contributed by atoms with van der Waals surface area (Å²) < 4.78 is 0. The van der Waals surface area contributed by atoms with Gasteiger partial charge in [0.15, 0.2) is 0 Å². The number of fused-ring (bicyclic) bond motifs is 3. The third-order valence-corrected chi connectivity index (χ3v) is 3.51. The number of likely N-dealkylation sites (N-methyl/N-ethyl adjacent to an activating group) is 1. The molecule has 3 nitrogen and oxygen atoms in total. The van der Waals surface area contributed by atoms with Crippen molar-refractivity contribution in [3.8, 4) is 0 Å². The van der Waals surface area contributed by atoms with Crippen molar-refractivity contribution in [2.45, 2.75) is 0 Å². The number of hydrogen-bond donors (Lipinski definition) is 1. The molecule has 0 aliphatic carbocycles. The van der Waals surface area contributed by atoms with Crippen molar-refractivity contribution in [1.29, 1.82) is 0 Å². The van der Waals surface area contributed by atoms with Crippen LogP contribution in [0.4, 0.5) is 0 Å². The summed E-state index contributed by atoms with van der Waals surface area (Å²) in [5.74, 6) is -0.450. The molecule has 3 heteroatoms. The number of hydrogen-bond acceptors (Lipinski definition) is 2. The summed E-state index contributed by atoms with van der Waals surface area (Å²) in [7, 11) is 1.30. The average Bonchev–Trinajstić information content (AvgIpc) is 2.52. The Morgan fingerprint density at radius 1 is 1.00 bits per heavy atom. The summed E-state index contributed by atoms with van der Waals surface area (Å²) in [5.41, 5.74) is 0.924. The molecule has 3 aromatic rings. The molecule has 0 aliphatic rings. The molecule has 0 unspecified atom stereocenters. The minimum absolute atomic E-state index is 0.450. The highest BCUT2D eigenvalue weighted by Gasteiger charge is 2.02. The van der Waals surface area contributed by atoms with Crippen LogP contribution >= 0.6 is 0 Å². The Morgan fingerprint density at radius 2 is 1.71 bits per heavy atom. The summed E-state index contributed by atoms with van der Waals surface area (Å²) in [4.78, 5) is 11.3. The van der Waals surface area contributed by atoms with Gasteiger partial charge < -0.3 is 0 Å². The molecule has 0 saturated heterocycles. The molecule has 0 aliphatic heterocycles. The minimum atomic E-state index is -0.450. The SMILES string of the molecule is CN(O)C(=O)/C=C/c1ccc2c(ccc3ccccc32)c1. The molecule has 0 fully saturated rings. The van der Waals surface area contributed by atoms with E-state index in [0.29, 0.717) is 5.06 Å². The number of benzene rings is 3. The van der Waals surface area contributed by atoms with Crippen molar-refractivity contribution in [3.63, 3.8) is 0 Å². The Labute approximate surface area is 122 Å². The highest BCUT2D eigenvalue weighted by molar-refractivity contribution is 6.08. The fraction of sp³-hybridized carbons (Fsp3) is 0.0556. The molecule has 1 N–H and O–H groups in total. The van der Waals surface area contributed by atoms with Crippen molar-refractivity contribution < 1.29 is 10.0 Å². The minimum Gasteiger partial charge on any atom is -0.286 e. The second-order valence-electron chi connectivity index (χ2n) is 4.96. The Morgan fingerprint density at radius 3 is 2.52 bits per heavy atom. The zero-order valence-corrected chi connectivity index (χ0v) is 11.7. The zero-order chi connectivity index (χ0) is 14.8. The van der Waals surface area contributed by atoms with Gasteiger partial charge in [-0.1, -0.05) is 48.5 Å². The van der Waals surface area contributed by atoms with E-state index in [-0.39, 0.29) is 0 Å². The Kier molecular flexibility index (Phi) is 3.42. The summed E-state index contributed by atoms with van der Waals surface area (Å²) in [6, 6.07) is 18.5. The van der Waals surface area contributed by atoms with Crippen LogP contribution in [-0.2, 0) is 4.79 Å². The van der Waals surface area contributed by atoms with Gasteiger partial charge in [0, 0.05) is 13.1 Å². The summed E-state index contributed by atoms with van der Waals surface area (Å²) >= 11 is 0. The molecule has 104 valence electrons. The largest absolute Gasteiger partial charge is 0.286 e. The normalized spacial score (nSPS) is 11.3. The molecule has 0 bridgehead atoms. The predicted molar refractivity (Wildman–Crippen MR) is 85.0 cm³/mol. The molecule has 0 aromatic heterocycles. The first-order valence-corrected chi connectivity index (χ1v) is 6.71. The van der Waals surface area contributed by atoms with Crippen molar-refractivity contribution >= 4 is 33.5 Å². The van der Waals surface area contributed by atoms with E-state index in [9.17, 15) is 4.79 Å². The molecule has 0 radical (unpaired) electrons. The summed E-state index contributed by atoms with van der Waals surface area (Å²) in [5, 5.41) is 14.3. The van der Waals surface area contributed by atoms with Crippen molar-refractivity contribution in [1.82, 2.24) is 5.06 Å². The van der Waals surface area contributed by atoms with Gasteiger partial charge in [-0.3, -0.25) is 10.0 Å². The van der Waals surface area contributed by atoms with E-state index in [2.05, 4.69) is 30.3 Å². The van der Waals surface area contributed by atoms with E-state index in [0.717, 1.165) is 10.9 Å². The number of carbonyl (C=O) groups excluding carboxylic acids is 1. The molecular formula is C18H15NO2. The lowest BCUT2D eigenvalue weighted by Gasteiger charge is -2.05. The second kappa shape index (κ2) is 5.38. The maximum atomic E-state index is 11.3. The lowest BCUT2D eigenvalue weighted by Crippen LogP contribution is -2.19. The number of amides is 1. The van der Waals surface area contributed by atoms with Gasteiger partial charge in [0.05, 0.1) is 0 Å². The Bertz CT molecular complexity index is 850. The number of hydroxylamine groups is 2. The van der Waals surface area contributed by atoms with E-state index in [1.54, 1.807) is 6.08 Å². The van der Waals surface area contributed by atoms with Gasteiger partial charge in [0.25, 0.3) is 5.91 Å². The van der Waals surface area contributed by atoms with Crippen LogP contribution in [-0.4, -0.2) is 23.2 Å². The van der Waals surface area contributed by atoms with Crippen LogP contribution in [0.3, 0.4) is 0 Å². The van der Waals surface area contributed by atoms with Crippen LogP contribution in [0.1, 0.15) is 5.56 Å². The van der Waals surface area contributed by atoms with E-state index in [4.69, 9.17) is 5.21 Å². The summed E-state index contributed by atoms with van der Waals surface area (Å²) in [6.45, 7) is 0. The zero-order valence-electron chi connectivity index (χ0n) is 11.7. The fourth-order valence-corrected chi connectivity index (χ4v) is 2.41. The maximum absolute atomic E-state index is 11.3. The maximum Gasteiger partial charge on any atom is 0.269 e. The molecule has 0 heterocycles. The topological polar surface area (TPSA) is 40.5 Å². The van der Waals surface area contributed by atoms with Crippen molar-refractivity contribution in [2.24, 2.45) is 0 Å². The lowest BCUT2D eigenvalue weighted by atomic mass is 10.00. The van der Waals surface area contributed by atoms with Gasteiger partial charge in [-0.2, -0.15) is 0 Å². The standard InChI is InChI=1S/C18H15NO2/c1-19(21)18(20)11-7-13-6-10-17-15(12-13)9-8-14-4-2-3-5-16(14)17/h2-12,21H,1H3/b11-7+. The van der Waals surface area contributed by atoms with Crippen LogP contribution in [0.2, 0.25) is 0 Å². The highest BCUT2D eigenvalue weighted by Crippen LogP contribution is 2.26. The molecule has 0 saturated carbocycles. The third kappa shape index (κ3) is 2.64. The van der Waals surface area contributed by atoms with Gasteiger partial charge in [0.1, 0.15) is 0 Å².